The summed E-state index contributed by atoms with van der Waals surface area (Å²) in [5.41, 5.74) is 1.92. The smallest absolute Gasteiger partial charge is 0.224 e. The van der Waals surface area contributed by atoms with Gasteiger partial charge in [-0.2, -0.15) is 0 Å². The number of benzene rings is 1. The average molecular weight is 259 g/mol. The van der Waals surface area contributed by atoms with Crippen LogP contribution >= 0.6 is 0 Å². The minimum absolute atomic E-state index is 0.0187. The van der Waals surface area contributed by atoms with Gasteiger partial charge >= 0.3 is 0 Å². The van der Waals surface area contributed by atoms with E-state index in [9.17, 15) is 4.79 Å². The van der Waals surface area contributed by atoms with Gasteiger partial charge in [-0.25, -0.2) is 0 Å². The summed E-state index contributed by atoms with van der Waals surface area (Å²) < 4.78 is 5.23. The highest BCUT2D eigenvalue weighted by atomic mass is 16.5. The topological polar surface area (TPSA) is 38.3 Å². The van der Waals surface area contributed by atoms with Gasteiger partial charge in [-0.05, 0) is 43.9 Å². The Bertz CT molecular complexity index is 490. The zero-order chi connectivity index (χ0) is 13.9. The second-order valence-electron chi connectivity index (χ2n) is 5.42. The van der Waals surface area contributed by atoms with Crippen molar-refractivity contribution in [3.05, 3.63) is 35.9 Å². The van der Waals surface area contributed by atoms with Crippen LogP contribution in [0.15, 0.2) is 24.8 Å². The lowest BCUT2D eigenvalue weighted by Crippen LogP contribution is -2.51. The van der Waals surface area contributed by atoms with Crippen molar-refractivity contribution in [1.82, 2.24) is 5.32 Å². The van der Waals surface area contributed by atoms with Gasteiger partial charge in [0.25, 0.3) is 0 Å². The van der Waals surface area contributed by atoms with Crippen LogP contribution in [0.4, 0.5) is 0 Å². The standard InChI is InChI=1S/C16H21NO2/c1-4-13-10-12(6-7-14(13)19-3)11-15(18)17-16(2)8-5-9-16/h4,6-7,10H,1,5,8-9,11H2,2-3H3,(H,17,18). The molecule has 3 nitrogen and oxygen atoms in total. The zero-order valence-electron chi connectivity index (χ0n) is 11.7. The molecule has 2 rings (SSSR count). The second-order valence-corrected chi connectivity index (χ2v) is 5.42. The monoisotopic (exact) mass is 259 g/mol. The van der Waals surface area contributed by atoms with Gasteiger partial charge in [0.1, 0.15) is 5.75 Å². The Morgan fingerprint density at radius 1 is 1.53 bits per heavy atom. The molecule has 0 spiro atoms. The fourth-order valence-corrected chi connectivity index (χ4v) is 2.45. The van der Waals surface area contributed by atoms with E-state index in [2.05, 4.69) is 18.8 Å². The van der Waals surface area contributed by atoms with Crippen LogP contribution in [-0.4, -0.2) is 18.6 Å². The summed E-state index contributed by atoms with van der Waals surface area (Å²) in [6.07, 6.45) is 5.52. The summed E-state index contributed by atoms with van der Waals surface area (Å²) in [6, 6.07) is 5.76. The molecule has 0 unspecified atom stereocenters. The fraction of sp³-hybridized carbons (Fsp3) is 0.438. The number of ether oxygens (including phenoxy) is 1. The Morgan fingerprint density at radius 3 is 2.79 bits per heavy atom. The van der Waals surface area contributed by atoms with E-state index < -0.39 is 0 Å². The summed E-state index contributed by atoms with van der Waals surface area (Å²) >= 11 is 0. The molecule has 1 aliphatic carbocycles. The van der Waals surface area contributed by atoms with Gasteiger partial charge in [0.05, 0.1) is 13.5 Å². The maximum Gasteiger partial charge on any atom is 0.224 e. The molecule has 1 N–H and O–H groups in total. The normalized spacial score (nSPS) is 16.3. The number of carbonyl (C=O) groups is 1. The molecule has 0 aliphatic heterocycles. The largest absolute Gasteiger partial charge is 0.496 e. The summed E-state index contributed by atoms with van der Waals surface area (Å²) in [5.74, 6) is 0.868. The first-order chi connectivity index (χ1) is 9.06. The Kier molecular flexibility index (Phi) is 3.93. The average Bonchev–Trinajstić information content (AvgIpc) is 2.36. The maximum atomic E-state index is 12.0. The minimum atomic E-state index is 0.0187. The fourth-order valence-electron chi connectivity index (χ4n) is 2.45. The van der Waals surface area contributed by atoms with Crippen LogP contribution in [0.1, 0.15) is 37.3 Å². The SMILES string of the molecule is C=Cc1cc(CC(=O)NC2(C)CCC2)ccc1OC. The molecule has 1 saturated carbocycles. The van der Waals surface area contributed by atoms with Crippen molar-refractivity contribution in [2.24, 2.45) is 0 Å². The summed E-state index contributed by atoms with van der Waals surface area (Å²) in [7, 11) is 1.63. The molecule has 0 saturated heterocycles. The third kappa shape index (κ3) is 3.16. The third-order valence-corrected chi connectivity index (χ3v) is 3.78. The van der Waals surface area contributed by atoms with Gasteiger partial charge in [0.15, 0.2) is 0 Å². The van der Waals surface area contributed by atoms with Crippen molar-refractivity contribution in [1.29, 1.82) is 0 Å². The molecule has 0 bridgehead atoms. The molecule has 1 amide bonds. The number of hydrogen-bond donors (Lipinski definition) is 1. The number of hydrogen-bond acceptors (Lipinski definition) is 2. The molecule has 1 aromatic carbocycles. The molecule has 1 fully saturated rings. The molecule has 1 aromatic rings. The maximum absolute atomic E-state index is 12.0. The minimum Gasteiger partial charge on any atom is -0.496 e. The van der Waals surface area contributed by atoms with Crippen LogP contribution in [0.3, 0.4) is 0 Å². The van der Waals surface area contributed by atoms with Gasteiger partial charge in [-0.3, -0.25) is 4.79 Å². The van der Waals surface area contributed by atoms with Crippen molar-refractivity contribution in [3.8, 4) is 5.75 Å². The molecule has 0 heterocycles. The molecule has 102 valence electrons. The van der Waals surface area contributed by atoms with Crippen molar-refractivity contribution < 1.29 is 9.53 Å². The highest BCUT2D eigenvalue weighted by Gasteiger charge is 2.32. The third-order valence-electron chi connectivity index (χ3n) is 3.78. The van der Waals surface area contributed by atoms with E-state index in [-0.39, 0.29) is 11.4 Å². The van der Waals surface area contributed by atoms with Crippen LogP contribution in [-0.2, 0) is 11.2 Å². The lowest BCUT2D eigenvalue weighted by Gasteiger charge is -2.39. The lowest BCUT2D eigenvalue weighted by molar-refractivity contribution is -0.123. The number of rotatable bonds is 5. The Balaban J connectivity index is 2.02. The van der Waals surface area contributed by atoms with Gasteiger partial charge in [0, 0.05) is 11.1 Å². The van der Waals surface area contributed by atoms with Gasteiger partial charge in [-0.15, -0.1) is 0 Å². The quantitative estimate of drug-likeness (QED) is 0.883. The van der Waals surface area contributed by atoms with Crippen molar-refractivity contribution >= 4 is 12.0 Å². The Labute approximate surface area is 114 Å². The van der Waals surface area contributed by atoms with Gasteiger partial charge < -0.3 is 10.1 Å². The van der Waals surface area contributed by atoms with Crippen molar-refractivity contribution in [3.63, 3.8) is 0 Å². The van der Waals surface area contributed by atoms with E-state index in [0.29, 0.717) is 6.42 Å². The van der Waals surface area contributed by atoms with Crippen molar-refractivity contribution in [2.45, 2.75) is 38.1 Å². The lowest BCUT2D eigenvalue weighted by atomic mass is 9.78. The predicted molar refractivity (Wildman–Crippen MR) is 77.2 cm³/mol. The number of methoxy groups -OCH3 is 1. The van der Waals surface area contributed by atoms with Gasteiger partial charge in [0.2, 0.25) is 5.91 Å². The van der Waals surface area contributed by atoms with Crippen LogP contribution in [0.2, 0.25) is 0 Å². The first-order valence-corrected chi connectivity index (χ1v) is 6.67. The summed E-state index contributed by atoms with van der Waals surface area (Å²) in [6.45, 7) is 5.87. The van der Waals surface area contributed by atoms with Crippen molar-refractivity contribution in [2.75, 3.05) is 7.11 Å². The molecule has 0 aromatic heterocycles. The van der Waals surface area contributed by atoms with E-state index in [1.54, 1.807) is 13.2 Å². The summed E-state index contributed by atoms with van der Waals surface area (Å²) in [4.78, 5) is 12.0. The first-order valence-electron chi connectivity index (χ1n) is 6.67. The molecular formula is C16H21NO2. The Morgan fingerprint density at radius 2 is 2.26 bits per heavy atom. The van der Waals surface area contributed by atoms with E-state index in [1.165, 1.54) is 6.42 Å². The van der Waals surface area contributed by atoms with Crippen LogP contribution < -0.4 is 10.1 Å². The van der Waals surface area contributed by atoms with E-state index in [1.807, 2.05) is 18.2 Å². The van der Waals surface area contributed by atoms with E-state index in [0.717, 1.165) is 29.7 Å². The van der Waals surface area contributed by atoms with E-state index in [4.69, 9.17) is 4.74 Å². The van der Waals surface area contributed by atoms with Gasteiger partial charge in [-0.1, -0.05) is 18.7 Å². The molecule has 3 heteroatoms. The molecule has 0 atom stereocenters. The zero-order valence-corrected chi connectivity index (χ0v) is 11.7. The molecular weight excluding hydrogens is 238 g/mol. The number of amides is 1. The van der Waals surface area contributed by atoms with Crippen LogP contribution in [0.5, 0.6) is 5.75 Å². The predicted octanol–water partition coefficient (Wildman–Crippen LogP) is 2.94. The highest BCUT2D eigenvalue weighted by Crippen LogP contribution is 2.31. The second kappa shape index (κ2) is 5.47. The number of nitrogens with one attached hydrogen (secondary N) is 1. The van der Waals surface area contributed by atoms with E-state index >= 15 is 0 Å². The highest BCUT2D eigenvalue weighted by molar-refractivity contribution is 5.79. The van der Waals surface area contributed by atoms with Crippen LogP contribution in [0, 0.1) is 0 Å². The first kappa shape index (κ1) is 13.7. The molecule has 1 aliphatic rings. The molecule has 19 heavy (non-hydrogen) atoms. The summed E-state index contributed by atoms with van der Waals surface area (Å²) in [5, 5.41) is 3.11. The number of carbonyl (C=O) groups excluding carboxylic acids is 1. The van der Waals surface area contributed by atoms with Crippen LogP contribution in [0.25, 0.3) is 6.08 Å². The molecule has 0 radical (unpaired) electrons. The Hall–Kier alpha value is -1.77.